The number of ether oxygens (including phenoxy) is 1. The van der Waals surface area contributed by atoms with Crippen molar-refractivity contribution in [3.63, 3.8) is 0 Å². The lowest BCUT2D eigenvalue weighted by Crippen LogP contribution is -2.40. The van der Waals surface area contributed by atoms with Crippen molar-refractivity contribution in [3.05, 3.63) is 65.7 Å². The summed E-state index contributed by atoms with van der Waals surface area (Å²) in [5.41, 5.74) is -1.25. The molecule has 0 amide bonds. The first-order valence-corrected chi connectivity index (χ1v) is 8.56. The van der Waals surface area contributed by atoms with Crippen molar-refractivity contribution in [1.29, 1.82) is 0 Å². The van der Waals surface area contributed by atoms with E-state index in [4.69, 9.17) is 4.74 Å². The summed E-state index contributed by atoms with van der Waals surface area (Å²) in [7, 11) is 0. The monoisotopic (exact) mass is 377 g/mol. The zero-order valence-electron chi connectivity index (χ0n) is 14.4. The lowest BCUT2D eigenvalue weighted by molar-refractivity contribution is -0.163. The van der Waals surface area contributed by atoms with E-state index in [1.54, 1.807) is 36.4 Å². The molecule has 2 aromatic rings. The summed E-state index contributed by atoms with van der Waals surface area (Å²) >= 11 is 0. The number of phenolic OH excluding ortho intramolecular Hbond substituents is 1. The molecule has 1 fully saturated rings. The summed E-state index contributed by atoms with van der Waals surface area (Å²) in [6.45, 7) is 2.12. The number of carbonyl (C=O) groups is 1. The van der Waals surface area contributed by atoms with Crippen LogP contribution in [0.1, 0.15) is 24.0 Å². The molecular formula is C20H24ClNO4. The maximum atomic E-state index is 12.9. The van der Waals surface area contributed by atoms with Crippen LogP contribution in [0.4, 0.5) is 0 Å². The standard InChI is InChI=1S/C20H23NO4.ClH/c22-18-8-4-7-17(13-18)20(24,16-5-2-1-3-6-16)19(23)25-14-15-9-11-21-12-10-15;/h1-8,13,15,21-22,24H,9-12,14H2;1H. The number of phenols is 1. The molecular weight excluding hydrogens is 354 g/mol. The minimum Gasteiger partial charge on any atom is -0.508 e. The molecule has 6 heteroatoms. The van der Waals surface area contributed by atoms with Gasteiger partial charge in [-0.15, -0.1) is 12.4 Å². The van der Waals surface area contributed by atoms with E-state index in [0.717, 1.165) is 25.9 Å². The molecule has 0 aromatic heterocycles. The molecule has 140 valence electrons. The smallest absolute Gasteiger partial charge is 0.347 e. The quantitative estimate of drug-likeness (QED) is 0.698. The van der Waals surface area contributed by atoms with Crippen LogP contribution in [-0.4, -0.2) is 35.9 Å². The van der Waals surface area contributed by atoms with Gasteiger partial charge in [-0.2, -0.15) is 0 Å². The van der Waals surface area contributed by atoms with Crippen molar-refractivity contribution in [3.8, 4) is 5.75 Å². The molecule has 5 nitrogen and oxygen atoms in total. The van der Waals surface area contributed by atoms with Crippen LogP contribution in [0.25, 0.3) is 0 Å². The third kappa shape index (κ3) is 4.36. The van der Waals surface area contributed by atoms with Crippen molar-refractivity contribution in [2.45, 2.75) is 18.4 Å². The maximum absolute atomic E-state index is 12.9. The van der Waals surface area contributed by atoms with Gasteiger partial charge in [-0.25, -0.2) is 4.79 Å². The fourth-order valence-corrected chi connectivity index (χ4v) is 3.16. The van der Waals surface area contributed by atoms with E-state index in [1.165, 1.54) is 12.1 Å². The van der Waals surface area contributed by atoms with Gasteiger partial charge in [-0.05, 0) is 49.5 Å². The average Bonchev–Trinajstić information content (AvgIpc) is 2.67. The normalized spacial score (nSPS) is 17.0. The van der Waals surface area contributed by atoms with E-state index in [-0.39, 0.29) is 30.3 Å². The predicted molar refractivity (Wildman–Crippen MR) is 101 cm³/mol. The van der Waals surface area contributed by atoms with E-state index in [1.807, 2.05) is 6.07 Å². The number of hydrogen-bond donors (Lipinski definition) is 3. The number of aliphatic hydroxyl groups is 1. The summed E-state index contributed by atoms with van der Waals surface area (Å²) in [6.07, 6.45) is 1.90. The summed E-state index contributed by atoms with van der Waals surface area (Å²) in [5, 5.41) is 24.3. The largest absolute Gasteiger partial charge is 0.508 e. The van der Waals surface area contributed by atoms with Gasteiger partial charge in [0.25, 0.3) is 0 Å². The lowest BCUT2D eigenvalue weighted by atomic mass is 9.86. The zero-order chi connectivity index (χ0) is 17.7. The van der Waals surface area contributed by atoms with Gasteiger partial charge in [-0.3, -0.25) is 0 Å². The van der Waals surface area contributed by atoms with E-state index in [0.29, 0.717) is 11.5 Å². The molecule has 1 saturated heterocycles. The average molecular weight is 378 g/mol. The third-order valence-electron chi connectivity index (χ3n) is 4.66. The number of piperidine rings is 1. The van der Waals surface area contributed by atoms with E-state index in [2.05, 4.69) is 5.32 Å². The number of nitrogens with one attached hydrogen (secondary N) is 1. The second-order valence-electron chi connectivity index (χ2n) is 6.42. The molecule has 3 rings (SSSR count). The van der Waals surface area contributed by atoms with Gasteiger partial charge in [-0.1, -0.05) is 42.5 Å². The van der Waals surface area contributed by atoms with Gasteiger partial charge in [0, 0.05) is 5.56 Å². The van der Waals surface area contributed by atoms with Gasteiger partial charge < -0.3 is 20.3 Å². The van der Waals surface area contributed by atoms with Crippen LogP contribution >= 0.6 is 12.4 Å². The van der Waals surface area contributed by atoms with Crippen LogP contribution in [0.5, 0.6) is 5.75 Å². The van der Waals surface area contributed by atoms with Crippen molar-refractivity contribution in [1.82, 2.24) is 5.32 Å². The van der Waals surface area contributed by atoms with Gasteiger partial charge >= 0.3 is 5.97 Å². The number of carbonyl (C=O) groups excluding carboxylic acids is 1. The van der Waals surface area contributed by atoms with Crippen LogP contribution in [0.3, 0.4) is 0 Å². The SMILES string of the molecule is Cl.O=C(OCC1CCNCC1)C(O)(c1ccccc1)c1cccc(O)c1. The number of aromatic hydroxyl groups is 1. The Morgan fingerprint density at radius 1 is 1.08 bits per heavy atom. The van der Waals surface area contributed by atoms with Crippen LogP contribution in [0.2, 0.25) is 0 Å². The van der Waals surface area contributed by atoms with Crippen molar-refractivity contribution in [2.75, 3.05) is 19.7 Å². The Labute approximate surface area is 159 Å². The first kappa shape index (κ1) is 20.2. The Kier molecular flexibility index (Phi) is 7.03. The van der Waals surface area contributed by atoms with Crippen LogP contribution in [-0.2, 0) is 15.1 Å². The molecule has 0 bridgehead atoms. The van der Waals surface area contributed by atoms with Gasteiger partial charge in [0.2, 0.25) is 5.60 Å². The highest BCUT2D eigenvalue weighted by atomic mass is 35.5. The Balaban J connectivity index is 0.00000243. The molecule has 3 N–H and O–H groups in total. The molecule has 1 atom stereocenters. The van der Waals surface area contributed by atoms with E-state index in [9.17, 15) is 15.0 Å². The predicted octanol–water partition coefficient (Wildman–Crippen LogP) is 2.59. The molecule has 2 aromatic carbocycles. The first-order chi connectivity index (χ1) is 12.1. The molecule has 26 heavy (non-hydrogen) atoms. The van der Waals surface area contributed by atoms with Crippen molar-refractivity contribution < 1.29 is 19.7 Å². The second-order valence-corrected chi connectivity index (χ2v) is 6.42. The number of hydrogen-bond acceptors (Lipinski definition) is 5. The minimum absolute atomic E-state index is 0. The van der Waals surface area contributed by atoms with Gasteiger partial charge in [0.15, 0.2) is 0 Å². The fourth-order valence-electron chi connectivity index (χ4n) is 3.16. The fraction of sp³-hybridized carbons (Fsp3) is 0.350. The zero-order valence-corrected chi connectivity index (χ0v) is 15.2. The number of esters is 1. The summed E-state index contributed by atoms with van der Waals surface area (Å²) in [6, 6.07) is 14.8. The number of benzene rings is 2. The summed E-state index contributed by atoms with van der Waals surface area (Å²) < 4.78 is 5.50. The van der Waals surface area contributed by atoms with Crippen LogP contribution < -0.4 is 5.32 Å². The molecule has 0 aliphatic carbocycles. The molecule has 1 aliphatic heterocycles. The number of halogens is 1. The summed E-state index contributed by atoms with van der Waals surface area (Å²) in [5.74, 6) is -0.435. The minimum atomic E-state index is -1.95. The molecule has 1 aliphatic rings. The highest BCUT2D eigenvalue weighted by Crippen LogP contribution is 2.33. The molecule has 0 saturated carbocycles. The lowest BCUT2D eigenvalue weighted by Gasteiger charge is -2.29. The van der Waals surface area contributed by atoms with Crippen LogP contribution in [0, 0.1) is 5.92 Å². The highest BCUT2D eigenvalue weighted by molar-refractivity contribution is 5.86. The number of rotatable bonds is 5. The molecule has 0 spiro atoms. The maximum Gasteiger partial charge on any atom is 0.347 e. The molecule has 0 radical (unpaired) electrons. The third-order valence-corrected chi connectivity index (χ3v) is 4.66. The summed E-state index contributed by atoms with van der Waals surface area (Å²) in [4.78, 5) is 12.9. The van der Waals surface area contributed by atoms with Crippen LogP contribution in [0.15, 0.2) is 54.6 Å². The van der Waals surface area contributed by atoms with Crippen molar-refractivity contribution in [2.24, 2.45) is 5.92 Å². The molecule has 1 unspecified atom stereocenters. The Bertz CT molecular complexity index is 719. The topological polar surface area (TPSA) is 78.8 Å². The van der Waals surface area contributed by atoms with E-state index >= 15 is 0 Å². The van der Waals surface area contributed by atoms with Gasteiger partial charge in [0.1, 0.15) is 5.75 Å². The first-order valence-electron chi connectivity index (χ1n) is 8.56. The highest BCUT2D eigenvalue weighted by Gasteiger charge is 2.42. The van der Waals surface area contributed by atoms with E-state index < -0.39 is 11.6 Å². The molecule has 1 heterocycles. The second kappa shape index (κ2) is 9.03. The Morgan fingerprint density at radius 3 is 2.38 bits per heavy atom. The van der Waals surface area contributed by atoms with Gasteiger partial charge in [0.05, 0.1) is 6.61 Å². The van der Waals surface area contributed by atoms with Crippen molar-refractivity contribution >= 4 is 18.4 Å². The Hall–Kier alpha value is -2.08. The Morgan fingerprint density at radius 2 is 1.73 bits per heavy atom.